The maximum absolute atomic E-state index is 12.8. The summed E-state index contributed by atoms with van der Waals surface area (Å²) in [5, 5.41) is 19.0. The maximum Gasteiger partial charge on any atom is 0.296 e. The molecule has 3 N–H and O–H groups in total. The molecule has 2 amide bonds. The first-order valence-electron chi connectivity index (χ1n) is 10.6. The van der Waals surface area contributed by atoms with E-state index in [1.54, 1.807) is 25.2 Å². The van der Waals surface area contributed by atoms with Gasteiger partial charge in [-0.15, -0.1) is 0 Å². The summed E-state index contributed by atoms with van der Waals surface area (Å²) >= 11 is 0. The molecule has 0 aliphatic heterocycles. The van der Waals surface area contributed by atoms with Gasteiger partial charge >= 0.3 is 0 Å². The van der Waals surface area contributed by atoms with Crippen LogP contribution < -0.4 is 16.2 Å². The van der Waals surface area contributed by atoms with Crippen molar-refractivity contribution in [1.29, 1.82) is 0 Å². The molecule has 0 atom stereocenters. The molecule has 0 bridgehead atoms. The molecule has 1 fully saturated rings. The highest BCUT2D eigenvalue weighted by Crippen LogP contribution is 2.38. The molecule has 1 aromatic carbocycles. The third-order valence-electron chi connectivity index (χ3n) is 5.99. The lowest BCUT2D eigenvalue weighted by Crippen LogP contribution is -2.27. The number of rotatable bonds is 5. The first kappa shape index (κ1) is 21.4. The van der Waals surface area contributed by atoms with Crippen molar-refractivity contribution in [1.82, 2.24) is 29.6 Å². The molecule has 0 unspecified atom stereocenters. The standard InChI is InChI=1S/C22H21N7O5/c1-23-20(31)11-6-7-14-15(8-11)29(13-4-3-5-13)19(26-14)18-27-16(17(30)22(33)28(18)2)21(32)25-12-9-24-34-10-12/h6-10,13,30H,3-5H2,1-2H3,(H,23,31)(H,25,32). The highest BCUT2D eigenvalue weighted by atomic mass is 16.5. The van der Waals surface area contributed by atoms with E-state index in [0.717, 1.165) is 29.3 Å². The number of aromatic nitrogens is 5. The number of amides is 2. The number of hydrogen-bond acceptors (Lipinski definition) is 8. The van der Waals surface area contributed by atoms with Crippen LogP contribution in [0.15, 0.2) is 40.0 Å². The smallest absolute Gasteiger partial charge is 0.296 e. The molecule has 174 valence electrons. The van der Waals surface area contributed by atoms with Gasteiger partial charge < -0.3 is 24.8 Å². The van der Waals surface area contributed by atoms with Gasteiger partial charge in [0.05, 0.1) is 17.2 Å². The lowest BCUT2D eigenvalue weighted by Gasteiger charge is -2.29. The summed E-state index contributed by atoms with van der Waals surface area (Å²) in [6.45, 7) is 0. The zero-order valence-corrected chi connectivity index (χ0v) is 18.4. The number of hydrogen-bond donors (Lipinski definition) is 3. The Kier molecular flexibility index (Phi) is 5.11. The Labute approximate surface area is 192 Å². The van der Waals surface area contributed by atoms with Crippen LogP contribution in [0, 0.1) is 0 Å². The minimum absolute atomic E-state index is 0.0972. The summed E-state index contributed by atoms with van der Waals surface area (Å²) in [7, 11) is 3.01. The highest BCUT2D eigenvalue weighted by molar-refractivity contribution is 6.04. The summed E-state index contributed by atoms with van der Waals surface area (Å²) in [4.78, 5) is 46.8. The van der Waals surface area contributed by atoms with Crippen LogP contribution in [-0.4, -0.2) is 48.2 Å². The molecule has 0 spiro atoms. The van der Waals surface area contributed by atoms with Crippen molar-refractivity contribution in [3.63, 3.8) is 0 Å². The molecule has 0 radical (unpaired) electrons. The largest absolute Gasteiger partial charge is 0.501 e. The van der Waals surface area contributed by atoms with Crippen LogP contribution in [0.4, 0.5) is 5.69 Å². The molecule has 12 heteroatoms. The predicted octanol–water partition coefficient (Wildman–Crippen LogP) is 1.83. The van der Waals surface area contributed by atoms with Gasteiger partial charge in [-0.3, -0.25) is 19.0 Å². The first-order chi connectivity index (χ1) is 16.4. The van der Waals surface area contributed by atoms with E-state index >= 15 is 0 Å². The van der Waals surface area contributed by atoms with E-state index in [2.05, 4.69) is 20.8 Å². The van der Waals surface area contributed by atoms with Crippen molar-refractivity contribution in [2.24, 2.45) is 7.05 Å². The van der Waals surface area contributed by atoms with Crippen molar-refractivity contribution in [2.75, 3.05) is 12.4 Å². The Balaban J connectivity index is 1.70. The molecule has 3 aromatic heterocycles. The van der Waals surface area contributed by atoms with E-state index in [-0.39, 0.29) is 23.5 Å². The Hall–Kier alpha value is -4.48. The maximum atomic E-state index is 12.8. The molecule has 0 saturated heterocycles. The zero-order valence-electron chi connectivity index (χ0n) is 18.4. The quantitative estimate of drug-likeness (QED) is 0.404. The number of carbonyl (C=O) groups is 2. The fraction of sp³-hybridized carbons (Fsp3) is 0.273. The van der Waals surface area contributed by atoms with Crippen LogP contribution in [0.2, 0.25) is 0 Å². The fourth-order valence-electron chi connectivity index (χ4n) is 3.96. The Morgan fingerprint density at radius 2 is 1.97 bits per heavy atom. The van der Waals surface area contributed by atoms with Gasteiger partial charge in [-0.2, -0.15) is 0 Å². The van der Waals surface area contributed by atoms with Gasteiger partial charge in [-0.1, -0.05) is 5.16 Å². The van der Waals surface area contributed by atoms with Gasteiger partial charge in [-0.05, 0) is 37.5 Å². The average molecular weight is 463 g/mol. The molecule has 1 saturated carbocycles. The van der Waals surface area contributed by atoms with Crippen LogP contribution in [0.3, 0.4) is 0 Å². The minimum atomic E-state index is -0.798. The number of nitrogens with one attached hydrogen (secondary N) is 2. The predicted molar refractivity (Wildman–Crippen MR) is 121 cm³/mol. The third-order valence-corrected chi connectivity index (χ3v) is 5.99. The van der Waals surface area contributed by atoms with Gasteiger partial charge in [0.15, 0.2) is 17.3 Å². The summed E-state index contributed by atoms with van der Waals surface area (Å²) in [5.41, 5.74) is 0.822. The van der Waals surface area contributed by atoms with Crippen molar-refractivity contribution >= 4 is 28.5 Å². The highest BCUT2D eigenvalue weighted by Gasteiger charge is 2.29. The van der Waals surface area contributed by atoms with Gasteiger partial charge in [0.1, 0.15) is 12.0 Å². The number of fused-ring (bicyclic) bond motifs is 1. The van der Waals surface area contributed by atoms with Crippen molar-refractivity contribution in [2.45, 2.75) is 25.3 Å². The van der Waals surface area contributed by atoms with Crippen LogP contribution in [0.1, 0.15) is 46.2 Å². The van der Waals surface area contributed by atoms with Crippen molar-refractivity contribution in [3.05, 3.63) is 52.3 Å². The third kappa shape index (κ3) is 3.39. The lowest BCUT2D eigenvalue weighted by molar-refractivity contribution is 0.0962. The molecular formula is C22H21N7O5. The van der Waals surface area contributed by atoms with E-state index < -0.39 is 22.9 Å². The number of imidazole rings is 1. The molecule has 12 nitrogen and oxygen atoms in total. The number of aromatic hydroxyl groups is 1. The van der Waals surface area contributed by atoms with Gasteiger partial charge in [0.2, 0.25) is 5.75 Å². The van der Waals surface area contributed by atoms with Crippen molar-refractivity contribution in [3.8, 4) is 17.4 Å². The Morgan fingerprint density at radius 3 is 2.62 bits per heavy atom. The van der Waals surface area contributed by atoms with Crippen molar-refractivity contribution < 1.29 is 19.2 Å². The molecule has 5 rings (SSSR count). The van der Waals surface area contributed by atoms with E-state index in [0.29, 0.717) is 16.9 Å². The summed E-state index contributed by atoms with van der Waals surface area (Å²) in [6, 6.07) is 5.25. The second-order valence-corrected chi connectivity index (χ2v) is 8.04. The van der Waals surface area contributed by atoms with Crippen LogP contribution >= 0.6 is 0 Å². The number of benzene rings is 1. The zero-order chi connectivity index (χ0) is 24.0. The number of carbonyl (C=O) groups excluding carboxylic acids is 2. The second kappa shape index (κ2) is 8.14. The van der Waals surface area contributed by atoms with E-state index in [1.807, 2.05) is 4.57 Å². The normalized spacial score (nSPS) is 13.6. The van der Waals surface area contributed by atoms with Crippen LogP contribution in [-0.2, 0) is 7.05 Å². The van der Waals surface area contributed by atoms with Gasteiger partial charge in [0.25, 0.3) is 17.4 Å². The van der Waals surface area contributed by atoms with Crippen LogP contribution in [0.25, 0.3) is 22.7 Å². The molecule has 34 heavy (non-hydrogen) atoms. The van der Waals surface area contributed by atoms with E-state index in [4.69, 9.17) is 9.51 Å². The van der Waals surface area contributed by atoms with Gasteiger partial charge in [0, 0.05) is 25.7 Å². The average Bonchev–Trinajstić information content (AvgIpc) is 3.44. The molecule has 3 heterocycles. The minimum Gasteiger partial charge on any atom is -0.501 e. The molecular weight excluding hydrogens is 442 g/mol. The topological polar surface area (TPSA) is 157 Å². The Bertz CT molecular complexity index is 1480. The lowest BCUT2D eigenvalue weighted by atomic mass is 9.92. The molecule has 4 aromatic rings. The Morgan fingerprint density at radius 1 is 1.18 bits per heavy atom. The molecule has 1 aliphatic carbocycles. The van der Waals surface area contributed by atoms with Crippen LogP contribution in [0.5, 0.6) is 5.75 Å². The monoisotopic (exact) mass is 463 g/mol. The van der Waals surface area contributed by atoms with Gasteiger partial charge in [-0.25, -0.2) is 9.97 Å². The first-order valence-corrected chi connectivity index (χ1v) is 10.6. The summed E-state index contributed by atoms with van der Waals surface area (Å²) in [6.07, 6.45) is 5.31. The SMILES string of the molecule is CNC(=O)c1ccc2nc(-c3nc(C(=O)Nc4cnoc4)c(O)c(=O)n3C)n(C3CCC3)c2c1. The summed E-state index contributed by atoms with van der Waals surface area (Å²) < 4.78 is 7.80. The summed E-state index contributed by atoms with van der Waals surface area (Å²) in [5.74, 6) is -1.33. The van der Waals surface area contributed by atoms with E-state index in [1.165, 1.54) is 19.5 Å². The number of anilines is 1. The second-order valence-electron chi connectivity index (χ2n) is 8.04. The number of nitrogens with zero attached hydrogens (tertiary/aromatic N) is 5. The molecule has 1 aliphatic rings. The van der Waals surface area contributed by atoms with E-state index in [9.17, 15) is 19.5 Å². The fourth-order valence-corrected chi connectivity index (χ4v) is 3.96.